The molecule has 0 unspecified atom stereocenters. The van der Waals surface area contributed by atoms with E-state index in [9.17, 15) is 19.2 Å². The van der Waals surface area contributed by atoms with Crippen LogP contribution in [0.2, 0.25) is 0 Å². The maximum atomic E-state index is 12.8. The zero-order valence-corrected chi connectivity index (χ0v) is 20.2. The molecule has 4 aliphatic rings. The Balaban J connectivity index is 1.62. The van der Waals surface area contributed by atoms with Gasteiger partial charge in [0, 0.05) is 32.8 Å². The van der Waals surface area contributed by atoms with Gasteiger partial charge in [0.15, 0.2) is 12.4 Å². The van der Waals surface area contributed by atoms with Crippen molar-refractivity contribution in [2.45, 2.75) is 97.3 Å². The van der Waals surface area contributed by atoms with E-state index in [1.807, 2.05) is 0 Å². The minimum Gasteiger partial charge on any atom is -0.459 e. The van der Waals surface area contributed by atoms with Crippen molar-refractivity contribution in [2.75, 3.05) is 0 Å². The van der Waals surface area contributed by atoms with Crippen molar-refractivity contribution in [2.24, 2.45) is 17.3 Å². The second-order valence-corrected chi connectivity index (χ2v) is 10.4. The highest BCUT2D eigenvalue weighted by molar-refractivity contribution is 5.91. The number of hydrogen-bond acceptors (Lipinski definition) is 10. The molecule has 0 amide bonds. The molecule has 34 heavy (non-hydrogen) atoms. The van der Waals surface area contributed by atoms with Crippen LogP contribution in [0.1, 0.15) is 66.7 Å². The summed E-state index contributed by atoms with van der Waals surface area (Å²) in [6, 6.07) is 0. The van der Waals surface area contributed by atoms with Crippen molar-refractivity contribution < 1.29 is 47.6 Å². The molecule has 3 saturated heterocycles. The van der Waals surface area contributed by atoms with Crippen LogP contribution in [0.15, 0.2) is 11.6 Å². The predicted molar refractivity (Wildman–Crippen MR) is 113 cm³/mol. The lowest BCUT2D eigenvalue weighted by Gasteiger charge is -2.44. The molecule has 3 heterocycles. The van der Waals surface area contributed by atoms with E-state index in [0.29, 0.717) is 24.8 Å². The summed E-state index contributed by atoms with van der Waals surface area (Å²) in [5.74, 6) is -3.29. The number of rotatable bonds is 5. The van der Waals surface area contributed by atoms with Crippen molar-refractivity contribution in [1.29, 1.82) is 0 Å². The van der Waals surface area contributed by atoms with Gasteiger partial charge < -0.3 is 28.4 Å². The molecule has 3 aliphatic heterocycles. The summed E-state index contributed by atoms with van der Waals surface area (Å²) in [5.41, 5.74) is -0.375. The van der Waals surface area contributed by atoms with Gasteiger partial charge in [0.1, 0.15) is 5.60 Å². The molecule has 0 spiro atoms. The SMILES string of the molecule is CC(=O)O[C@H]1O[C@H]2O[C@H]3OC(=O)/C(=C\C[C@]4(OC(C)=O)CCCC(C)(C)C4)[C@H]3[C@H]2[C@@H]1OC(C)=O. The maximum Gasteiger partial charge on any atom is 0.336 e. The van der Waals surface area contributed by atoms with Gasteiger partial charge in [-0.15, -0.1) is 0 Å². The van der Waals surface area contributed by atoms with Crippen molar-refractivity contribution in [1.82, 2.24) is 0 Å². The van der Waals surface area contributed by atoms with Crippen LogP contribution in [0.5, 0.6) is 0 Å². The van der Waals surface area contributed by atoms with Crippen LogP contribution in [0.3, 0.4) is 0 Å². The van der Waals surface area contributed by atoms with Gasteiger partial charge in [0.05, 0.1) is 11.8 Å². The highest BCUT2D eigenvalue weighted by Gasteiger charge is 2.64. The molecular formula is C24H32O10. The van der Waals surface area contributed by atoms with Crippen LogP contribution >= 0.6 is 0 Å². The molecular weight excluding hydrogens is 448 g/mol. The van der Waals surface area contributed by atoms with Crippen LogP contribution < -0.4 is 0 Å². The average Bonchev–Trinajstić information content (AvgIpc) is 3.26. The third-order valence-electron chi connectivity index (χ3n) is 6.95. The Labute approximate surface area is 198 Å². The minimum absolute atomic E-state index is 0.0105. The first-order valence-electron chi connectivity index (χ1n) is 11.7. The molecule has 0 N–H and O–H groups in total. The molecule has 10 heteroatoms. The van der Waals surface area contributed by atoms with Crippen LogP contribution in [0.4, 0.5) is 0 Å². The normalized spacial score (nSPS) is 39.2. The Morgan fingerprint density at radius 2 is 1.71 bits per heavy atom. The van der Waals surface area contributed by atoms with Crippen molar-refractivity contribution in [3.63, 3.8) is 0 Å². The van der Waals surface area contributed by atoms with Gasteiger partial charge in [-0.1, -0.05) is 19.9 Å². The molecule has 188 valence electrons. The first kappa shape index (κ1) is 24.7. The fraction of sp³-hybridized carbons (Fsp3) is 0.750. The summed E-state index contributed by atoms with van der Waals surface area (Å²) in [4.78, 5) is 48.0. The first-order valence-corrected chi connectivity index (χ1v) is 11.7. The predicted octanol–water partition coefficient (Wildman–Crippen LogP) is 2.53. The number of esters is 4. The lowest BCUT2D eigenvalue weighted by atomic mass is 9.68. The lowest BCUT2D eigenvalue weighted by molar-refractivity contribution is -0.244. The topological polar surface area (TPSA) is 124 Å². The van der Waals surface area contributed by atoms with Crippen molar-refractivity contribution in [3.8, 4) is 0 Å². The summed E-state index contributed by atoms with van der Waals surface area (Å²) >= 11 is 0. The third-order valence-corrected chi connectivity index (χ3v) is 6.95. The molecule has 0 aromatic heterocycles. The molecule has 0 aromatic carbocycles. The molecule has 10 nitrogen and oxygen atoms in total. The Morgan fingerprint density at radius 3 is 2.32 bits per heavy atom. The molecule has 7 atom stereocenters. The van der Waals surface area contributed by atoms with E-state index in [-0.39, 0.29) is 11.4 Å². The first-order chi connectivity index (χ1) is 15.9. The highest BCUT2D eigenvalue weighted by Crippen LogP contribution is 2.52. The quantitative estimate of drug-likeness (QED) is 0.329. The van der Waals surface area contributed by atoms with E-state index in [1.54, 1.807) is 6.08 Å². The van der Waals surface area contributed by atoms with Gasteiger partial charge in [-0.2, -0.15) is 0 Å². The fourth-order valence-electron chi connectivity index (χ4n) is 5.94. The summed E-state index contributed by atoms with van der Waals surface area (Å²) in [5, 5.41) is 0. The number of hydrogen-bond donors (Lipinski definition) is 0. The Kier molecular flexibility index (Phi) is 6.50. The van der Waals surface area contributed by atoms with Crippen LogP contribution in [0.25, 0.3) is 0 Å². The molecule has 0 bridgehead atoms. The van der Waals surface area contributed by atoms with Gasteiger partial charge in [0.25, 0.3) is 0 Å². The zero-order chi connectivity index (χ0) is 24.8. The van der Waals surface area contributed by atoms with E-state index in [1.165, 1.54) is 20.8 Å². The van der Waals surface area contributed by atoms with Crippen molar-refractivity contribution >= 4 is 23.9 Å². The van der Waals surface area contributed by atoms with Crippen LogP contribution in [-0.2, 0) is 47.6 Å². The largest absolute Gasteiger partial charge is 0.459 e. The number of ether oxygens (including phenoxy) is 6. The summed E-state index contributed by atoms with van der Waals surface area (Å²) < 4.78 is 33.4. The Hall–Kier alpha value is -2.46. The van der Waals surface area contributed by atoms with Crippen LogP contribution in [0, 0.1) is 17.3 Å². The summed E-state index contributed by atoms with van der Waals surface area (Å²) in [6.45, 7) is 8.13. The molecule has 1 aliphatic carbocycles. The zero-order valence-electron chi connectivity index (χ0n) is 20.2. The monoisotopic (exact) mass is 480 g/mol. The number of fused-ring (bicyclic) bond motifs is 3. The summed E-state index contributed by atoms with van der Waals surface area (Å²) in [7, 11) is 0. The fourth-order valence-corrected chi connectivity index (χ4v) is 5.94. The van der Waals surface area contributed by atoms with E-state index < -0.39 is 60.3 Å². The van der Waals surface area contributed by atoms with Gasteiger partial charge in [-0.05, 0) is 31.1 Å². The lowest BCUT2D eigenvalue weighted by Crippen LogP contribution is -2.42. The van der Waals surface area contributed by atoms with E-state index in [0.717, 1.165) is 12.8 Å². The van der Waals surface area contributed by atoms with Gasteiger partial charge in [-0.3, -0.25) is 14.4 Å². The molecule has 0 radical (unpaired) electrons. The maximum absolute atomic E-state index is 12.8. The second kappa shape index (κ2) is 8.96. The molecule has 4 rings (SSSR count). The number of carbonyl (C=O) groups is 4. The van der Waals surface area contributed by atoms with E-state index in [2.05, 4.69) is 13.8 Å². The van der Waals surface area contributed by atoms with Gasteiger partial charge in [-0.25, -0.2) is 4.79 Å². The standard InChI is InChI=1S/C24H32O10/c1-12(25)29-18-17-16-15(7-10-24(34-14(3)27)9-6-8-23(4,5)11-24)19(28)31-20(16)32-21(17)33-22(18)30-13(2)26/h7,16-18,20-22H,6,8-11H2,1-5H3/b15-7-/t16-,17-,18-,20+,21+,22-,24+/m0/s1. The molecule has 0 aromatic rings. The van der Waals surface area contributed by atoms with Gasteiger partial charge in [0.2, 0.25) is 12.6 Å². The summed E-state index contributed by atoms with van der Waals surface area (Å²) in [6.07, 6.45) is 1.49. The highest BCUT2D eigenvalue weighted by atomic mass is 16.8. The van der Waals surface area contributed by atoms with Crippen LogP contribution in [-0.4, -0.2) is 54.5 Å². The molecule has 1 saturated carbocycles. The number of carbonyl (C=O) groups excluding carboxylic acids is 4. The van der Waals surface area contributed by atoms with E-state index >= 15 is 0 Å². The average molecular weight is 481 g/mol. The minimum atomic E-state index is -1.15. The smallest absolute Gasteiger partial charge is 0.336 e. The Bertz CT molecular complexity index is 907. The Morgan fingerprint density at radius 1 is 1.00 bits per heavy atom. The third kappa shape index (κ3) is 4.84. The van der Waals surface area contributed by atoms with E-state index in [4.69, 9.17) is 28.4 Å². The molecule has 4 fully saturated rings. The van der Waals surface area contributed by atoms with Crippen molar-refractivity contribution in [3.05, 3.63) is 11.6 Å². The second-order valence-electron chi connectivity index (χ2n) is 10.4. The van der Waals surface area contributed by atoms with Gasteiger partial charge >= 0.3 is 23.9 Å².